The molecule has 0 radical (unpaired) electrons. The van der Waals surface area contributed by atoms with Crippen LogP contribution in [-0.4, -0.2) is 10.2 Å². The monoisotopic (exact) mass is 264 g/mol. The minimum absolute atomic E-state index is 0.502. The van der Waals surface area contributed by atoms with Gasteiger partial charge in [-0.15, -0.1) is 5.10 Å². The van der Waals surface area contributed by atoms with Gasteiger partial charge in [0.25, 0.3) is 0 Å². The first-order chi connectivity index (χ1) is 7.25. The van der Waals surface area contributed by atoms with E-state index >= 15 is 0 Å². The van der Waals surface area contributed by atoms with E-state index in [0.717, 1.165) is 15.8 Å². The molecule has 1 aromatic heterocycles. The van der Waals surface area contributed by atoms with Crippen molar-refractivity contribution in [2.24, 2.45) is 0 Å². The highest BCUT2D eigenvalue weighted by atomic mass is 79.9. The Balaban J connectivity index is 2.26. The highest BCUT2D eigenvalue weighted by Crippen LogP contribution is 2.27. The fraction of sp³-hybridized carbons (Fsp3) is 0.0909. The number of nitrogens with zero attached hydrogens (tertiary/aromatic N) is 2. The number of hydrogen-bond donors (Lipinski definition) is 0. The third-order valence-corrected chi connectivity index (χ3v) is 2.48. The zero-order valence-corrected chi connectivity index (χ0v) is 9.73. The molecule has 0 atom stereocenters. The van der Waals surface area contributed by atoms with Crippen LogP contribution in [0.15, 0.2) is 41.0 Å². The van der Waals surface area contributed by atoms with Crippen LogP contribution in [0.1, 0.15) is 5.56 Å². The van der Waals surface area contributed by atoms with Crippen LogP contribution >= 0.6 is 15.9 Å². The molecule has 3 nitrogen and oxygen atoms in total. The summed E-state index contributed by atoms with van der Waals surface area (Å²) in [5.41, 5.74) is 1.02. The van der Waals surface area contributed by atoms with Crippen LogP contribution in [0.3, 0.4) is 0 Å². The summed E-state index contributed by atoms with van der Waals surface area (Å²) in [5.74, 6) is 1.24. The predicted molar refractivity (Wildman–Crippen MR) is 61.0 cm³/mol. The molecule has 0 fully saturated rings. The first-order valence-corrected chi connectivity index (χ1v) is 5.27. The van der Waals surface area contributed by atoms with E-state index in [1.807, 2.05) is 37.3 Å². The fourth-order valence-electron chi connectivity index (χ4n) is 1.13. The molecule has 2 aromatic rings. The summed E-state index contributed by atoms with van der Waals surface area (Å²) in [7, 11) is 0. The minimum atomic E-state index is 0.502. The van der Waals surface area contributed by atoms with Crippen molar-refractivity contribution in [3.63, 3.8) is 0 Å². The summed E-state index contributed by atoms with van der Waals surface area (Å²) < 4.78 is 6.47. The molecule has 0 unspecified atom stereocenters. The number of para-hydroxylation sites is 1. The molecular formula is C11H9BrN2O. The molecule has 0 N–H and O–H groups in total. The molecule has 0 bridgehead atoms. The molecule has 0 saturated carbocycles. The van der Waals surface area contributed by atoms with Crippen LogP contribution < -0.4 is 4.74 Å². The van der Waals surface area contributed by atoms with Gasteiger partial charge < -0.3 is 4.74 Å². The van der Waals surface area contributed by atoms with Gasteiger partial charge in [-0.05, 0) is 40.5 Å². The lowest BCUT2D eigenvalue weighted by Gasteiger charge is -2.05. The highest BCUT2D eigenvalue weighted by Gasteiger charge is 2.02. The number of aryl methyl sites for hydroxylation is 1. The van der Waals surface area contributed by atoms with Crippen molar-refractivity contribution >= 4 is 15.9 Å². The molecule has 2 rings (SSSR count). The molecule has 0 spiro atoms. The van der Waals surface area contributed by atoms with Gasteiger partial charge in [0.15, 0.2) is 0 Å². The quantitative estimate of drug-likeness (QED) is 0.835. The maximum absolute atomic E-state index is 5.57. The average molecular weight is 265 g/mol. The van der Waals surface area contributed by atoms with Gasteiger partial charge in [-0.1, -0.05) is 12.1 Å². The first-order valence-electron chi connectivity index (χ1n) is 4.47. The second-order valence-corrected chi connectivity index (χ2v) is 3.96. The lowest BCUT2D eigenvalue weighted by atomic mass is 10.3. The van der Waals surface area contributed by atoms with Crippen molar-refractivity contribution in [2.45, 2.75) is 6.92 Å². The van der Waals surface area contributed by atoms with Gasteiger partial charge in [-0.2, -0.15) is 5.10 Å². The molecule has 0 aliphatic carbocycles. The number of halogens is 1. The van der Waals surface area contributed by atoms with E-state index in [9.17, 15) is 0 Å². The topological polar surface area (TPSA) is 35.0 Å². The smallest absolute Gasteiger partial charge is 0.239 e. The molecule has 0 saturated heterocycles. The van der Waals surface area contributed by atoms with E-state index in [4.69, 9.17) is 4.74 Å². The summed E-state index contributed by atoms with van der Waals surface area (Å²) in [6.07, 6.45) is 1.69. The molecular weight excluding hydrogens is 256 g/mol. The third kappa shape index (κ3) is 2.53. The molecule has 1 heterocycles. The number of aromatic nitrogens is 2. The van der Waals surface area contributed by atoms with E-state index in [-0.39, 0.29) is 0 Å². The fourth-order valence-corrected chi connectivity index (χ4v) is 1.49. The van der Waals surface area contributed by atoms with E-state index in [1.165, 1.54) is 0 Å². The largest absolute Gasteiger partial charge is 0.436 e. The Morgan fingerprint density at radius 3 is 2.80 bits per heavy atom. The summed E-state index contributed by atoms with van der Waals surface area (Å²) in [4.78, 5) is 0. The number of rotatable bonds is 2. The van der Waals surface area contributed by atoms with Crippen LogP contribution in [0, 0.1) is 6.92 Å². The number of hydrogen-bond acceptors (Lipinski definition) is 3. The average Bonchev–Trinajstić information content (AvgIpc) is 2.22. The Morgan fingerprint density at radius 1 is 1.27 bits per heavy atom. The standard InChI is InChI=1S/C11H9BrN2O/c1-8-6-11(14-13-7-8)15-10-5-3-2-4-9(10)12/h2-7H,1H3. The summed E-state index contributed by atoms with van der Waals surface area (Å²) in [5, 5.41) is 7.70. The lowest BCUT2D eigenvalue weighted by Crippen LogP contribution is -1.91. The predicted octanol–water partition coefficient (Wildman–Crippen LogP) is 3.34. The van der Waals surface area contributed by atoms with Gasteiger partial charge in [0.2, 0.25) is 5.88 Å². The van der Waals surface area contributed by atoms with E-state index in [2.05, 4.69) is 26.1 Å². The van der Waals surface area contributed by atoms with Crippen LogP contribution in [0.4, 0.5) is 0 Å². The Morgan fingerprint density at radius 2 is 2.07 bits per heavy atom. The Labute approximate surface area is 96.2 Å². The van der Waals surface area contributed by atoms with Gasteiger partial charge in [-0.3, -0.25) is 0 Å². The molecule has 0 aliphatic rings. The molecule has 0 amide bonds. The number of ether oxygens (including phenoxy) is 1. The van der Waals surface area contributed by atoms with Crippen molar-refractivity contribution in [1.29, 1.82) is 0 Å². The van der Waals surface area contributed by atoms with E-state index in [1.54, 1.807) is 6.20 Å². The third-order valence-electron chi connectivity index (χ3n) is 1.82. The molecule has 0 aliphatic heterocycles. The Kier molecular flexibility index (Phi) is 2.97. The van der Waals surface area contributed by atoms with Crippen LogP contribution in [0.25, 0.3) is 0 Å². The summed E-state index contributed by atoms with van der Waals surface area (Å²) >= 11 is 3.40. The van der Waals surface area contributed by atoms with Crippen molar-refractivity contribution in [3.8, 4) is 11.6 Å². The Bertz CT molecular complexity index is 474. The highest BCUT2D eigenvalue weighted by molar-refractivity contribution is 9.10. The van der Waals surface area contributed by atoms with Gasteiger partial charge in [0, 0.05) is 6.07 Å². The van der Waals surface area contributed by atoms with E-state index in [0.29, 0.717) is 5.88 Å². The second kappa shape index (κ2) is 4.40. The van der Waals surface area contributed by atoms with Crippen molar-refractivity contribution < 1.29 is 4.74 Å². The molecule has 76 valence electrons. The van der Waals surface area contributed by atoms with E-state index < -0.39 is 0 Å². The number of benzene rings is 1. The zero-order valence-electron chi connectivity index (χ0n) is 8.14. The van der Waals surface area contributed by atoms with Crippen LogP contribution in [0.5, 0.6) is 11.6 Å². The van der Waals surface area contributed by atoms with Gasteiger partial charge in [-0.25, -0.2) is 0 Å². The van der Waals surface area contributed by atoms with Gasteiger partial charge in [0.1, 0.15) is 5.75 Å². The second-order valence-electron chi connectivity index (χ2n) is 3.10. The zero-order chi connectivity index (χ0) is 10.7. The van der Waals surface area contributed by atoms with Crippen LogP contribution in [0.2, 0.25) is 0 Å². The summed E-state index contributed by atoms with van der Waals surface area (Å²) in [6.45, 7) is 1.95. The molecule has 4 heteroatoms. The van der Waals surface area contributed by atoms with Gasteiger partial charge >= 0.3 is 0 Å². The van der Waals surface area contributed by atoms with Crippen molar-refractivity contribution in [1.82, 2.24) is 10.2 Å². The SMILES string of the molecule is Cc1cnnc(Oc2ccccc2Br)c1. The Hall–Kier alpha value is -1.42. The van der Waals surface area contributed by atoms with Crippen molar-refractivity contribution in [3.05, 3.63) is 46.6 Å². The lowest BCUT2D eigenvalue weighted by molar-refractivity contribution is 0.452. The summed E-state index contributed by atoms with van der Waals surface area (Å²) in [6, 6.07) is 9.46. The minimum Gasteiger partial charge on any atom is -0.436 e. The van der Waals surface area contributed by atoms with Gasteiger partial charge in [0.05, 0.1) is 10.7 Å². The molecule has 15 heavy (non-hydrogen) atoms. The normalized spacial score (nSPS) is 10.0. The maximum atomic E-state index is 5.57. The van der Waals surface area contributed by atoms with Crippen LogP contribution in [-0.2, 0) is 0 Å². The maximum Gasteiger partial charge on any atom is 0.239 e. The first kappa shape index (κ1) is 10.1. The molecule has 1 aromatic carbocycles. The van der Waals surface area contributed by atoms with Crippen molar-refractivity contribution in [2.75, 3.05) is 0 Å².